The molecule has 0 aliphatic heterocycles. The molecule has 0 spiro atoms. The average Bonchev–Trinajstić information content (AvgIpc) is 2.39. The molecular formula is C14H20N2O3. The van der Waals surface area contributed by atoms with E-state index in [0.717, 1.165) is 5.56 Å². The number of carboxylic acids is 1. The summed E-state index contributed by atoms with van der Waals surface area (Å²) in [7, 11) is 0. The largest absolute Gasteiger partial charge is 0.480 e. The molecule has 3 N–H and O–H groups in total. The molecule has 0 aliphatic rings. The van der Waals surface area contributed by atoms with Crippen molar-refractivity contribution >= 4 is 11.9 Å². The van der Waals surface area contributed by atoms with Gasteiger partial charge in [0.05, 0.1) is 5.92 Å². The van der Waals surface area contributed by atoms with Crippen LogP contribution in [-0.2, 0) is 9.59 Å². The predicted molar refractivity (Wildman–Crippen MR) is 72.7 cm³/mol. The number of nitrogens with zero attached hydrogens (tertiary/aromatic N) is 1. The molecule has 1 amide bonds. The van der Waals surface area contributed by atoms with E-state index in [1.165, 1.54) is 4.90 Å². The number of aliphatic carboxylic acids is 1. The van der Waals surface area contributed by atoms with E-state index in [2.05, 4.69) is 0 Å². The number of rotatable bonds is 7. The smallest absolute Gasteiger partial charge is 0.323 e. The van der Waals surface area contributed by atoms with Crippen LogP contribution in [0.4, 0.5) is 0 Å². The fourth-order valence-electron chi connectivity index (χ4n) is 1.99. The zero-order valence-electron chi connectivity index (χ0n) is 11.1. The van der Waals surface area contributed by atoms with Gasteiger partial charge in [-0.25, -0.2) is 0 Å². The molecule has 1 aromatic carbocycles. The lowest BCUT2D eigenvalue weighted by atomic mass is 9.97. The molecule has 1 rings (SSSR count). The van der Waals surface area contributed by atoms with Crippen LogP contribution >= 0.6 is 0 Å². The molecule has 0 bridgehead atoms. The first-order valence-electron chi connectivity index (χ1n) is 6.35. The second kappa shape index (κ2) is 7.53. The second-order valence-corrected chi connectivity index (χ2v) is 4.35. The van der Waals surface area contributed by atoms with Crippen LogP contribution in [0.15, 0.2) is 30.3 Å². The van der Waals surface area contributed by atoms with Gasteiger partial charge in [-0.2, -0.15) is 0 Å². The highest BCUT2D eigenvalue weighted by atomic mass is 16.4. The highest BCUT2D eigenvalue weighted by Crippen LogP contribution is 2.17. The summed E-state index contributed by atoms with van der Waals surface area (Å²) in [5.74, 6) is -1.71. The topological polar surface area (TPSA) is 83.6 Å². The summed E-state index contributed by atoms with van der Waals surface area (Å²) in [6.45, 7) is 2.22. The van der Waals surface area contributed by atoms with E-state index < -0.39 is 11.9 Å². The zero-order valence-corrected chi connectivity index (χ0v) is 11.1. The van der Waals surface area contributed by atoms with Gasteiger partial charge in [0, 0.05) is 13.1 Å². The molecule has 5 nitrogen and oxygen atoms in total. The van der Waals surface area contributed by atoms with Gasteiger partial charge in [0.1, 0.15) is 6.54 Å². The lowest BCUT2D eigenvalue weighted by molar-refractivity contribution is -0.145. The lowest BCUT2D eigenvalue weighted by Crippen LogP contribution is -2.41. The number of carbonyl (C=O) groups excluding carboxylic acids is 1. The summed E-state index contributed by atoms with van der Waals surface area (Å²) in [5, 5.41) is 8.86. The van der Waals surface area contributed by atoms with Crippen LogP contribution in [0, 0.1) is 0 Å². The Labute approximate surface area is 113 Å². The minimum atomic E-state index is -1.01. The van der Waals surface area contributed by atoms with Crippen molar-refractivity contribution in [2.45, 2.75) is 19.3 Å². The number of carbonyl (C=O) groups is 2. The molecule has 1 unspecified atom stereocenters. The van der Waals surface area contributed by atoms with Crippen LogP contribution in [-0.4, -0.2) is 41.5 Å². The molecule has 0 heterocycles. The van der Waals surface area contributed by atoms with E-state index in [4.69, 9.17) is 10.8 Å². The summed E-state index contributed by atoms with van der Waals surface area (Å²) in [6, 6.07) is 9.21. The van der Waals surface area contributed by atoms with E-state index in [1.807, 2.05) is 37.3 Å². The maximum absolute atomic E-state index is 12.4. The molecule has 0 radical (unpaired) electrons. The van der Waals surface area contributed by atoms with Crippen molar-refractivity contribution in [3.8, 4) is 0 Å². The fourth-order valence-corrected chi connectivity index (χ4v) is 1.99. The molecule has 0 saturated carbocycles. The van der Waals surface area contributed by atoms with Gasteiger partial charge in [0.2, 0.25) is 5.91 Å². The standard InChI is InChI=1S/C14H20N2O3/c1-2-8-16(10-13(17)18)14(19)12(9-15)11-6-4-3-5-7-11/h3-7,12H,2,8-10,15H2,1H3,(H,17,18). The Kier molecular flexibility index (Phi) is 6.02. The maximum Gasteiger partial charge on any atom is 0.323 e. The molecule has 0 aromatic heterocycles. The summed E-state index contributed by atoms with van der Waals surface area (Å²) >= 11 is 0. The maximum atomic E-state index is 12.4. The molecule has 0 saturated heterocycles. The second-order valence-electron chi connectivity index (χ2n) is 4.35. The van der Waals surface area contributed by atoms with Crippen molar-refractivity contribution in [1.82, 2.24) is 4.90 Å². The Morgan fingerprint density at radius 2 is 1.95 bits per heavy atom. The van der Waals surface area contributed by atoms with Gasteiger partial charge in [0.25, 0.3) is 0 Å². The number of hydrogen-bond acceptors (Lipinski definition) is 3. The third-order valence-corrected chi connectivity index (χ3v) is 2.87. The van der Waals surface area contributed by atoms with E-state index >= 15 is 0 Å². The Balaban J connectivity index is 2.89. The van der Waals surface area contributed by atoms with E-state index in [9.17, 15) is 9.59 Å². The van der Waals surface area contributed by atoms with Gasteiger partial charge >= 0.3 is 5.97 Å². The van der Waals surface area contributed by atoms with Crippen molar-refractivity contribution in [3.05, 3.63) is 35.9 Å². The summed E-state index contributed by atoms with van der Waals surface area (Å²) < 4.78 is 0. The molecule has 19 heavy (non-hydrogen) atoms. The van der Waals surface area contributed by atoms with Gasteiger partial charge < -0.3 is 15.7 Å². The van der Waals surface area contributed by atoms with Crippen molar-refractivity contribution < 1.29 is 14.7 Å². The molecule has 5 heteroatoms. The van der Waals surface area contributed by atoms with Crippen molar-refractivity contribution in [1.29, 1.82) is 0 Å². The first-order chi connectivity index (χ1) is 9.10. The fraction of sp³-hybridized carbons (Fsp3) is 0.429. The summed E-state index contributed by atoms with van der Waals surface area (Å²) in [6.07, 6.45) is 0.713. The predicted octanol–water partition coefficient (Wildman–Crippen LogP) is 1.05. The first kappa shape index (κ1) is 15.2. The van der Waals surface area contributed by atoms with E-state index in [1.54, 1.807) is 0 Å². The number of hydrogen-bond donors (Lipinski definition) is 2. The Morgan fingerprint density at radius 1 is 1.32 bits per heavy atom. The van der Waals surface area contributed by atoms with Gasteiger partial charge in [0.15, 0.2) is 0 Å². The number of benzene rings is 1. The highest BCUT2D eigenvalue weighted by molar-refractivity contribution is 5.87. The Morgan fingerprint density at radius 3 is 2.42 bits per heavy atom. The monoisotopic (exact) mass is 264 g/mol. The quantitative estimate of drug-likeness (QED) is 0.771. The molecule has 0 aliphatic carbocycles. The SMILES string of the molecule is CCCN(CC(=O)O)C(=O)C(CN)c1ccccc1. The third kappa shape index (κ3) is 4.37. The average molecular weight is 264 g/mol. The molecular weight excluding hydrogens is 244 g/mol. The van der Waals surface area contributed by atoms with Crippen LogP contribution in [0.2, 0.25) is 0 Å². The number of nitrogens with two attached hydrogens (primary N) is 1. The van der Waals surface area contributed by atoms with Gasteiger partial charge in [-0.3, -0.25) is 9.59 Å². The van der Waals surface area contributed by atoms with Gasteiger partial charge in [-0.05, 0) is 12.0 Å². The first-order valence-corrected chi connectivity index (χ1v) is 6.35. The van der Waals surface area contributed by atoms with Crippen LogP contribution < -0.4 is 5.73 Å². The third-order valence-electron chi connectivity index (χ3n) is 2.87. The normalized spacial score (nSPS) is 11.9. The van der Waals surface area contributed by atoms with Gasteiger partial charge in [-0.1, -0.05) is 37.3 Å². The number of amides is 1. The molecule has 104 valence electrons. The van der Waals surface area contributed by atoms with Crippen molar-refractivity contribution in [3.63, 3.8) is 0 Å². The molecule has 1 atom stereocenters. The molecule has 1 aromatic rings. The Hall–Kier alpha value is -1.88. The van der Waals surface area contributed by atoms with Crippen LogP contribution in [0.5, 0.6) is 0 Å². The zero-order chi connectivity index (χ0) is 14.3. The van der Waals surface area contributed by atoms with Gasteiger partial charge in [-0.15, -0.1) is 0 Å². The van der Waals surface area contributed by atoms with E-state index in [-0.39, 0.29) is 19.0 Å². The van der Waals surface area contributed by atoms with Crippen molar-refractivity contribution in [2.24, 2.45) is 5.73 Å². The minimum absolute atomic E-state index is 0.169. The lowest BCUT2D eigenvalue weighted by Gasteiger charge is -2.25. The Bertz CT molecular complexity index is 420. The summed E-state index contributed by atoms with van der Waals surface area (Å²) in [4.78, 5) is 24.5. The minimum Gasteiger partial charge on any atom is -0.480 e. The number of carboxylic acid groups (broad SMARTS) is 1. The van der Waals surface area contributed by atoms with E-state index in [0.29, 0.717) is 13.0 Å². The van der Waals surface area contributed by atoms with Crippen LogP contribution in [0.3, 0.4) is 0 Å². The summed E-state index contributed by atoms with van der Waals surface area (Å²) in [5.41, 5.74) is 6.50. The molecule has 0 fully saturated rings. The van der Waals surface area contributed by atoms with Crippen LogP contribution in [0.1, 0.15) is 24.8 Å². The van der Waals surface area contributed by atoms with Crippen LogP contribution in [0.25, 0.3) is 0 Å². The highest BCUT2D eigenvalue weighted by Gasteiger charge is 2.25. The van der Waals surface area contributed by atoms with Crippen molar-refractivity contribution in [2.75, 3.05) is 19.6 Å².